The van der Waals surface area contributed by atoms with Gasteiger partial charge in [0.1, 0.15) is 5.82 Å². The molecule has 0 saturated carbocycles. The van der Waals surface area contributed by atoms with Gasteiger partial charge in [-0.05, 0) is 18.2 Å². The molecule has 0 spiro atoms. The van der Waals surface area contributed by atoms with Gasteiger partial charge in [-0.25, -0.2) is 4.39 Å². The van der Waals surface area contributed by atoms with Crippen LogP contribution in [0.2, 0.25) is 0 Å². The Balaban J connectivity index is 2.07. The van der Waals surface area contributed by atoms with Crippen LogP contribution in [0.15, 0.2) is 34.4 Å². The predicted molar refractivity (Wildman–Crippen MR) is 63.5 cm³/mol. The van der Waals surface area contributed by atoms with E-state index in [0.29, 0.717) is 12.2 Å². The highest BCUT2D eigenvalue weighted by atomic mass is 79.9. The van der Waals surface area contributed by atoms with E-state index in [2.05, 4.69) is 26.2 Å². The topological polar surface area (TPSA) is 24.9 Å². The summed E-state index contributed by atoms with van der Waals surface area (Å²) in [4.78, 5) is 5.03. The van der Waals surface area contributed by atoms with Crippen molar-refractivity contribution in [3.05, 3.63) is 45.1 Å². The highest BCUT2D eigenvalue weighted by Gasteiger charge is 2.02. The van der Waals surface area contributed by atoms with Crippen LogP contribution in [0.1, 0.15) is 4.88 Å². The molecule has 0 fully saturated rings. The van der Waals surface area contributed by atoms with Crippen LogP contribution < -0.4 is 5.32 Å². The van der Waals surface area contributed by atoms with Gasteiger partial charge in [-0.15, -0.1) is 11.3 Å². The molecule has 0 unspecified atom stereocenters. The van der Waals surface area contributed by atoms with E-state index in [0.717, 1.165) is 9.35 Å². The molecule has 0 saturated heterocycles. The van der Waals surface area contributed by atoms with Crippen LogP contribution in [0.4, 0.5) is 10.1 Å². The number of anilines is 1. The monoisotopic (exact) mass is 286 g/mol. The molecule has 0 aliphatic heterocycles. The fourth-order valence-corrected chi connectivity index (χ4v) is 2.04. The van der Waals surface area contributed by atoms with Crippen molar-refractivity contribution in [1.82, 2.24) is 4.98 Å². The SMILES string of the molecule is Fc1ccc(Br)cc1NCc1cncs1. The third-order valence-corrected chi connectivity index (χ3v) is 3.14. The Labute approximate surface area is 99.3 Å². The molecule has 2 rings (SSSR count). The summed E-state index contributed by atoms with van der Waals surface area (Å²) in [5.41, 5.74) is 2.26. The normalized spacial score (nSPS) is 10.3. The van der Waals surface area contributed by atoms with E-state index in [1.165, 1.54) is 6.07 Å². The quantitative estimate of drug-likeness (QED) is 0.932. The van der Waals surface area contributed by atoms with E-state index >= 15 is 0 Å². The predicted octanol–water partition coefficient (Wildman–Crippen LogP) is 3.66. The van der Waals surface area contributed by atoms with Gasteiger partial charge < -0.3 is 5.32 Å². The van der Waals surface area contributed by atoms with Crippen LogP contribution in [0.25, 0.3) is 0 Å². The number of nitrogens with zero attached hydrogens (tertiary/aromatic N) is 1. The fraction of sp³-hybridized carbons (Fsp3) is 0.100. The standard InChI is InChI=1S/C10H8BrFN2S/c11-7-1-2-9(12)10(3-7)14-5-8-4-13-6-15-8/h1-4,6,14H,5H2. The van der Waals surface area contributed by atoms with Gasteiger partial charge in [-0.2, -0.15) is 0 Å². The molecule has 1 aromatic carbocycles. The van der Waals surface area contributed by atoms with Crippen LogP contribution in [0, 0.1) is 5.82 Å². The van der Waals surface area contributed by atoms with E-state index in [1.54, 1.807) is 35.2 Å². The number of aromatic nitrogens is 1. The van der Waals surface area contributed by atoms with Gasteiger partial charge >= 0.3 is 0 Å². The van der Waals surface area contributed by atoms with E-state index in [4.69, 9.17) is 0 Å². The maximum absolute atomic E-state index is 13.3. The first kappa shape index (κ1) is 10.6. The second kappa shape index (κ2) is 4.72. The average molecular weight is 287 g/mol. The molecule has 2 nitrogen and oxygen atoms in total. The first-order valence-electron chi connectivity index (χ1n) is 4.32. The van der Waals surface area contributed by atoms with E-state index in [-0.39, 0.29) is 5.82 Å². The molecule has 0 radical (unpaired) electrons. The maximum atomic E-state index is 13.3. The lowest BCUT2D eigenvalue weighted by Gasteiger charge is -2.06. The summed E-state index contributed by atoms with van der Waals surface area (Å²) >= 11 is 4.84. The zero-order valence-electron chi connectivity index (χ0n) is 7.71. The number of hydrogen-bond acceptors (Lipinski definition) is 3. The summed E-state index contributed by atoms with van der Waals surface area (Å²) in [5.74, 6) is -0.247. The summed E-state index contributed by atoms with van der Waals surface area (Å²) in [5, 5.41) is 3.02. The third-order valence-electron chi connectivity index (χ3n) is 1.86. The zero-order valence-corrected chi connectivity index (χ0v) is 10.1. The summed E-state index contributed by atoms with van der Waals surface area (Å²) in [6.07, 6.45) is 1.77. The average Bonchev–Trinajstić information content (AvgIpc) is 2.72. The van der Waals surface area contributed by atoms with Crippen LogP contribution in [-0.2, 0) is 6.54 Å². The van der Waals surface area contributed by atoms with Crippen molar-refractivity contribution >= 4 is 33.0 Å². The second-order valence-electron chi connectivity index (χ2n) is 2.95. The molecule has 0 aliphatic rings. The smallest absolute Gasteiger partial charge is 0.146 e. The van der Waals surface area contributed by atoms with Crippen molar-refractivity contribution < 1.29 is 4.39 Å². The number of nitrogens with one attached hydrogen (secondary N) is 1. The molecule has 15 heavy (non-hydrogen) atoms. The molecule has 78 valence electrons. The molecule has 1 heterocycles. The molecule has 1 N–H and O–H groups in total. The van der Waals surface area contributed by atoms with Crippen molar-refractivity contribution in [2.45, 2.75) is 6.54 Å². The number of thiazole rings is 1. The van der Waals surface area contributed by atoms with Crippen molar-refractivity contribution in [3.63, 3.8) is 0 Å². The lowest BCUT2D eigenvalue weighted by Crippen LogP contribution is -1.99. The molecule has 2 aromatic rings. The van der Waals surface area contributed by atoms with Crippen molar-refractivity contribution in [2.24, 2.45) is 0 Å². The molecule has 0 amide bonds. The number of benzene rings is 1. The molecule has 1 aromatic heterocycles. The van der Waals surface area contributed by atoms with Gasteiger partial charge in [0.05, 0.1) is 17.7 Å². The Hall–Kier alpha value is -0.940. The van der Waals surface area contributed by atoms with Gasteiger partial charge in [0, 0.05) is 15.5 Å². The lowest BCUT2D eigenvalue weighted by atomic mass is 10.3. The maximum Gasteiger partial charge on any atom is 0.146 e. The van der Waals surface area contributed by atoms with Crippen molar-refractivity contribution in [1.29, 1.82) is 0 Å². The molecular formula is C10H8BrFN2S. The zero-order chi connectivity index (χ0) is 10.7. The van der Waals surface area contributed by atoms with Gasteiger partial charge in [0.15, 0.2) is 0 Å². The fourth-order valence-electron chi connectivity index (χ4n) is 1.14. The molecule has 0 aliphatic carbocycles. The Bertz CT molecular complexity index is 445. The van der Waals surface area contributed by atoms with Gasteiger partial charge in [-0.1, -0.05) is 15.9 Å². The largest absolute Gasteiger partial charge is 0.378 e. The Morgan fingerprint density at radius 1 is 1.47 bits per heavy atom. The lowest BCUT2D eigenvalue weighted by molar-refractivity contribution is 0.630. The van der Waals surface area contributed by atoms with Crippen molar-refractivity contribution in [2.75, 3.05) is 5.32 Å². The van der Waals surface area contributed by atoms with Crippen molar-refractivity contribution in [3.8, 4) is 0 Å². The molecule has 0 atom stereocenters. The van der Waals surface area contributed by atoms with Gasteiger partial charge in [0.2, 0.25) is 0 Å². The molecule has 5 heteroatoms. The highest BCUT2D eigenvalue weighted by molar-refractivity contribution is 9.10. The summed E-state index contributed by atoms with van der Waals surface area (Å²) < 4.78 is 14.2. The third kappa shape index (κ3) is 2.76. The molecule has 0 bridgehead atoms. The summed E-state index contributed by atoms with van der Waals surface area (Å²) in [7, 11) is 0. The summed E-state index contributed by atoms with van der Waals surface area (Å²) in [6, 6.07) is 4.82. The van der Waals surface area contributed by atoms with Crippen LogP contribution >= 0.6 is 27.3 Å². The molecular weight excluding hydrogens is 279 g/mol. The second-order valence-corrected chi connectivity index (χ2v) is 4.83. The van der Waals surface area contributed by atoms with Gasteiger partial charge in [-0.3, -0.25) is 4.98 Å². The van der Waals surface area contributed by atoms with Crippen LogP contribution in [0.3, 0.4) is 0 Å². The number of rotatable bonds is 3. The number of halogens is 2. The number of hydrogen-bond donors (Lipinski definition) is 1. The minimum absolute atomic E-state index is 0.247. The van der Waals surface area contributed by atoms with E-state index in [9.17, 15) is 4.39 Å². The van der Waals surface area contributed by atoms with Crippen LogP contribution in [0.5, 0.6) is 0 Å². The van der Waals surface area contributed by atoms with Crippen LogP contribution in [-0.4, -0.2) is 4.98 Å². The summed E-state index contributed by atoms with van der Waals surface area (Å²) in [6.45, 7) is 0.595. The minimum atomic E-state index is -0.247. The van der Waals surface area contributed by atoms with E-state index in [1.807, 2.05) is 0 Å². The Kier molecular flexibility index (Phi) is 3.33. The van der Waals surface area contributed by atoms with E-state index < -0.39 is 0 Å². The Morgan fingerprint density at radius 3 is 3.07 bits per heavy atom. The first-order chi connectivity index (χ1) is 7.25. The van der Waals surface area contributed by atoms with Gasteiger partial charge in [0.25, 0.3) is 0 Å². The highest BCUT2D eigenvalue weighted by Crippen LogP contribution is 2.21. The minimum Gasteiger partial charge on any atom is -0.378 e. The Morgan fingerprint density at radius 2 is 2.33 bits per heavy atom. The first-order valence-corrected chi connectivity index (χ1v) is 5.99.